The standard InChI is InChI=1S/C16H14ClNOS/c17-12-6-7-15-13(10-12)14(8-9-20-15)18-16(19)11-4-2-1-3-5-11/h1-7,10,14H,8-9H2,(H,18,19)/t14-/m0/s1. The molecule has 0 radical (unpaired) electrons. The first-order valence-corrected chi connectivity index (χ1v) is 7.88. The molecule has 2 nitrogen and oxygen atoms in total. The lowest BCUT2D eigenvalue weighted by Gasteiger charge is -2.26. The number of thioether (sulfide) groups is 1. The maximum atomic E-state index is 12.3. The molecule has 1 aliphatic rings. The van der Waals surface area contributed by atoms with Gasteiger partial charge in [-0.1, -0.05) is 29.8 Å². The van der Waals surface area contributed by atoms with Gasteiger partial charge in [0.1, 0.15) is 0 Å². The summed E-state index contributed by atoms with van der Waals surface area (Å²) < 4.78 is 0. The topological polar surface area (TPSA) is 29.1 Å². The molecule has 102 valence electrons. The van der Waals surface area contributed by atoms with Crippen LogP contribution in [0.15, 0.2) is 53.4 Å². The van der Waals surface area contributed by atoms with Gasteiger partial charge in [-0.15, -0.1) is 11.8 Å². The Kier molecular flexibility index (Phi) is 3.99. The summed E-state index contributed by atoms with van der Waals surface area (Å²) in [7, 11) is 0. The molecular weight excluding hydrogens is 290 g/mol. The number of carbonyl (C=O) groups is 1. The lowest BCUT2D eigenvalue weighted by molar-refractivity contribution is 0.0935. The maximum Gasteiger partial charge on any atom is 0.251 e. The average Bonchev–Trinajstić information content (AvgIpc) is 2.49. The Bertz CT molecular complexity index is 630. The van der Waals surface area contributed by atoms with E-state index in [1.165, 1.54) is 4.90 Å². The van der Waals surface area contributed by atoms with Crippen molar-refractivity contribution in [3.8, 4) is 0 Å². The van der Waals surface area contributed by atoms with Crippen molar-refractivity contribution < 1.29 is 4.79 Å². The number of carbonyl (C=O) groups excluding carboxylic acids is 1. The van der Waals surface area contributed by atoms with Crippen molar-refractivity contribution in [2.24, 2.45) is 0 Å². The van der Waals surface area contributed by atoms with Gasteiger partial charge < -0.3 is 5.32 Å². The molecule has 0 spiro atoms. The van der Waals surface area contributed by atoms with Crippen LogP contribution in [-0.2, 0) is 0 Å². The minimum absolute atomic E-state index is 0.0339. The van der Waals surface area contributed by atoms with Crippen molar-refractivity contribution in [3.05, 3.63) is 64.7 Å². The Hall–Kier alpha value is -1.45. The number of fused-ring (bicyclic) bond motifs is 1. The van der Waals surface area contributed by atoms with Crippen molar-refractivity contribution >= 4 is 29.3 Å². The van der Waals surface area contributed by atoms with Crippen LogP contribution in [0.2, 0.25) is 5.02 Å². The maximum absolute atomic E-state index is 12.3. The number of benzene rings is 2. The van der Waals surface area contributed by atoms with E-state index in [1.807, 2.05) is 60.3 Å². The Morgan fingerprint density at radius 3 is 2.80 bits per heavy atom. The molecule has 1 heterocycles. The van der Waals surface area contributed by atoms with Gasteiger partial charge in [-0.3, -0.25) is 4.79 Å². The van der Waals surface area contributed by atoms with Crippen molar-refractivity contribution in [2.75, 3.05) is 5.75 Å². The summed E-state index contributed by atoms with van der Waals surface area (Å²) in [5, 5.41) is 3.82. The van der Waals surface area contributed by atoms with Crippen LogP contribution in [0.25, 0.3) is 0 Å². The minimum Gasteiger partial charge on any atom is -0.345 e. The third kappa shape index (κ3) is 2.84. The largest absolute Gasteiger partial charge is 0.345 e. The van der Waals surface area contributed by atoms with Gasteiger partial charge in [-0.05, 0) is 42.3 Å². The number of hydrogen-bond donors (Lipinski definition) is 1. The molecule has 2 aromatic carbocycles. The first-order chi connectivity index (χ1) is 9.74. The number of rotatable bonds is 2. The lowest BCUT2D eigenvalue weighted by Crippen LogP contribution is -2.30. The van der Waals surface area contributed by atoms with Crippen molar-refractivity contribution in [1.29, 1.82) is 0 Å². The predicted molar refractivity (Wildman–Crippen MR) is 83.4 cm³/mol. The smallest absolute Gasteiger partial charge is 0.251 e. The molecule has 1 N–H and O–H groups in total. The summed E-state index contributed by atoms with van der Waals surface area (Å²) in [5.41, 5.74) is 1.81. The number of hydrogen-bond acceptors (Lipinski definition) is 2. The Morgan fingerprint density at radius 2 is 2.00 bits per heavy atom. The number of halogens is 1. The van der Waals surface area contributed by atoms with Gasteiger partial charge >= 0.3 is 0 Å². The summed E-state index contributed by atoms with van der Waals surface area (Å²) in [6, 6.07) is 15.2. The second kappa shape index (κ2) is 5.90. The van der Waals surface area contributed by atoms with E-state index in [4.69, 9.17) is 11.6 Å². The highest BCUT2D eigenvalue weighted by Gasteiger charge is 2.22. The van der Waals surface area contributed by atoms with E-state index in [0.29, 0.717) is 10.6 Å². The second-order valence-electron chi connectivity index (χ2n) is 4.71. The van der Waals surface area contributed by atoms with Crippen molar-refractivity contribution in [3.63, 3.8) is 0 Å². The molecule has 0 unspecified atom stereocenters. The first-order valence-electron chi connectivity index (χ1n) is 6.52. The predicted octanol–water partition coefficient (Wildman–Crippen LogP) is 4.31. The first kappa shape index (κ1) is 13.5. The normalized spacial score (nSPS) is 17.4. The highest BCUT2D eigenvalue weighted by Crippen LogP contribution is 2.37. The van der Waals surface area contributed by atoms with E-state index >= 15 is 0 Å². The fraction of sp³-hybridized carbons (Fsp3) is 0.188. The third-order valence-corrected chi connectivity index (χ3v) is 4.71. The molecule has 0 saturated heterocycles. The molecule has 1 atom stereocenters. The van der Waals surface area contributed by atoms with Crippen LogP contribution in [0.5, 0.6) is 0 Å². The Morgan fingerprint density at radius 1 is 1.20 bits per heavy atom. The number of amides is 1. The molecule has 4 heteroatoms. The molecule has 20 heavy (non-hydrogen) atoms. The molecule has 0 bridgehead atoms. The van der Waals surface area contributed by atoms with Crippen LogP contribution < -0.4 is 5.32 Å². The summed E-state index contributed by atoms with van der Waals surface area (Å²) in [6.07, 6.45) is 0.927. The molecule has 1 aliphatic heterocycles. The van der Waals surface area contributed by atoms with E-state index in [2.05, 4.69) is 5.32 Å². The van der Waals surface area contributed by atoms with Crippen LogP contribution in [-0.4, -0.2) is 11.7 Å². The Labute approximate surface area is 127 Å². The molecule has 0 aliphatic carbocycles. The van der Waals surface area contributed by atoms with Crippen LogP contribution in [0, 0.1) is 0 Å². The molecule has 0 aromatic heterocycles. The van der Waals surface area contributed by atoms with Gasteiger partial charge in [-0.2, -0.15) is 0 Å². The summed E-state index contributed by atoms with van der Waals surface area (Å²) in [4.78, 5) is 13.5. The van der Waals surface area contributed by atoms with Gasteiger partial charge in [-0.25, -0.2) is 0 Å². The molecule has 1 amide bonds. The summed E-state index contributed by atoms with van der Waals surface area (Å²) in [5.74, 6) is 0.974. The molecule has 3 rings (SSSR count). The van der Waals surface area contributed by atoms with Crippen LogP contribution in [0.1, 0.15) is 28.4 Å². The fourth-order valence-electron chi connectivity index (χ4n) is 2.35. The third-order valence-electron chi connectivity index (χ3n) is 3.35. The second-order valence-corrected chi connectivity index (χ2v) is 6.28. The zero-order chi connectivity index (χ0) is 13.9. The van der Waals surface area contributed by atoms with Gasteiger partial charge in [0.15, 0.2) is 0 Å². The monoisotopic (exact) mass is 303 g/mol. The van der Waals surface area contributed by atoms with Gasteiger partial charge in [0, 0.05) is 21.2 Å². The summed E-state index contributed by atoms with van der Waals surface area (Å²) >= 11 is 7.89. The number of nitrogens with one attached hydrogen (secondary N) is 1. The van der Waals surface area contributed by atoms with Crippen LogP contribution in [0.4, 0.5) is 0 Å². The van der Waals surface area contributed by atoms with Crippen molar-refractivity contribution in [1.82, 2.24) is 5.32 Å². The summed E-state index contributed by atoms with van der Waals surface area (Å²) in [6.45, 7) is 0. The molecule has 0 saturated carbocycles. The zero-order valence-corrected chi connectivity index (χ0v) is 12.4. The van der Waals surface area contributed by atoms with E-state index < -0.39 is 0 Å². The van der Waals surface area contributed by atoms with Crippen LogP contribution >= 0.6 is 23.4 Å². The van der Waals surface area contributed by atoms with Crippen LogP contribution in [0.3, 0.4) is 0 Å². The van der Waals surface area contributed by atoms with E-state index in [-0.39, 0.29) is 11.9 Å². The quantitative estimate of drug-likeness (QED) is 0.896. The zero-order valence-electron chi connectivity index (χ0n) is 10.8. The average molecular weight is 304 g/mol. The SMILES string of the molecule is O=C(N[C@H]1CCSc2ccc(Cl)cc21)c1ccccc1. The van der Waals surface area contributed by atoms with Gasteiger partial charge in [0.2, 0.25) is 0 Å². The van der Waals surface area contributed by atoms with E-state index in [0.717, 1.165) is 17.7 Å². The molecule has 0 fully saturated rings. The molecular formula is C16H14ClNOS. The van der Waals surface area contributed by atoms with E-state index in [9.17, 15) is 4.79 Å². The Balaban J connectivity index is 1.83. The highest BCUT2D eigenvalue weighted by molar-refractivity contribution is 7.99. The van der Waals surface area contributed by atoms with Gasteiger partial charge in [0.25, 0.3) is 5.91 Å². The molecule has 2 aromatic rings. The lowest BCUT2D eigenvalue weighted by atomic mass is 10.0. The minimum atomic E-state index is -0.0339. The van der Waals surface area contributed by atoms with Crippen molar-refractivity contribution in [2.45, 2.75) is 17.4 Å². The fourth-order valence-corrected chi connectivity index (χ4v) is 3.63. The van der Waals surface area contributed by atoms with Gasteiger partial charge in [0.05, 0.1) is 6.04 Å². The highest BCUT2D eigenvalue weighted by atomic mass is 35.5. The van der Waals surface area contributed by atoms with E-state index in [1.54, 1.807) is 0 Å².